The Labute approximate surface area is 104 Å². The molecule has 6 heteroatoms. The fraction of sp³-hybridized carbons (Fsp3) is 0.545. The Hall–Kier alpha value is -1.43. The van der Waals surface area contributed by atoms with Gasteiger partial charge in [-0.3, -0.25) is 9.59 Å². The highest BCUT2D eigenvalue weighted by Crippen LogP contribution is 2.20. The van der Waals surface area contributed by atoms with Crippen molar-refractivity contribution < 1.29 is 9.59 Å². The summed E-state index contributed by atoms with van der Waals surface area (Å²) in [7, 11) is 0. The average Bonchev–Trinajstić information content (AvgIpc) is 2.83. The fourth-order valence-corrected chi connectivity index (χ4v) is 2.57. The van der Waals surface area contributed by atoms with Crippen LogP contribution in [0.15, 0.2) is 11.6 Å². The monoisotopic (exact) mass is 253 g/mol. The standard InChI is InChI=1S/C11H15N3O2S/c1-7(11-12-3-4-17-11)6-14-8(2)10(16)13-5-9(14)15/h3-4,7-8H,5-6H2,1-2H3,(H,13,16). The van der Waals surface area contributed by atoms with Gasteiger partial charge in [-0.25, -0.2) is 4.98 Å². The van der Waals surface area contributed by atoms with Crippen molar-refractivity contribution in [2.45, 2.75) is 25.8 Å². The lowest BCUT2D eigenvalue weighted by molar-refractivity contribution is -0.145. The molecular formula is C11H15N3O2S. The van der Waals surface area contributed by atoms with Crippen LogP contribution in [0.3, 0.4) is 0 Å². The van der Waals surface area contributed by atoms with E-state index in [0.29, 0.717) is 6.54 Å². The lowest BCUT2D eigenvalue weighted by Gasteiger charge is -2.34. The average molecular weight is 253 g/mol. The van der Waals surface area contributed by atoms with Crippen molar-refractivity contribution >= 4 is 23.2 Å². The number of amides is 2. The topological polar surface area (TPSA) is 62.3 Å². The minimum absolute atomic E-state index is 0.0273. The molecule has 1 aromatic rings. The number of aromatic nitrogens is 1. The summed E-state index contributed by atoms with van der Waals surface area (Å²) in [6.07, 6.45) is 1.75. The molecule has 0 spiro atoms. The van der Waals surface area contributed by atoms with Crippen LogP contribution in [0, 0.1) is 0 Å². The van der Waals surface area contributed by atoms with Crippen LogP contribution in [0.5, 0.6) is 0 Å². The van der Waals surface area contributed by atoms with E-state index >= 15 is 0 Å². The number of nitrogens with one attached hydrogen (secondary N) is 1. The number of hydrogen-bond donors (Lipinski definition) is 1. The summed E-state index contributed by atoms with van der Waals surface area (Å²) in [5, 5.41) is 5.49. The van der Waals surface area contributed by atoms with Gasteiger partial charge >= 0.3 is 0 Å². The molecule has 0 saturated carbocycles. The third-order valence-electron chi connectivity index (χ3n) is 2.92. The van der Waals surface area contributed by atoms with Gasteiger partial charge in [0.1, 0.15) is 6.04 Å². The maximum atomic E-state index is 11.7. The molecule has 5 nitrogen and oxygen atoms in total. The van der Waals surface area contributed by atoms with Gasteiger partial charge < -0.3 is 10.2 Å². The lowest BCUT2D eigenvalue weighted by Crippen LogP contribution is -2.57. The Morgan fingerprint density at radius 2 is 2.41 bits per heavy atom. The van der Waals surface area contributed by atoms with E-state index in [1.54, 1.807) is 29.4 Å². The first kappa shape index (κ1) is 12.0. The van der Waals surface area contributed by atoms with E-state index in [0.717, 1.165) is 5.01 Å². The van der Waals surface area contributed by atoms with Gasteiger partial charge in [-0.15, -0.1) is 11.3 Å². The van der Waals surface area contributed by atoms with Gasteiger partial charge in [0.25, 0.3) is 0 Å². The highest BCUT2D eigenvalue weighted by Gasteiger charge is 2.32. The zero-order valence-electron chi connectivity index (χ0n) is 9.84. The number of rotatable bonds is 3. The summed E-state index contributed by atoms with van der Waals surface area (Å²) in [4.78, 5) is 29.1. The summed E-state index contributed by atoms with van der Waals surface area (Å²) >= 11 is 1.57. The maximum absolute atomic E-state index is 11.7. The van der Waals surface area contributed by atoms with Crippen LogP contribution in [0.25, 0.3) is 0 Å². The van der Waals surface area contributed by atoms with Crippen molar-refractivity contribution in [3.05, 3.63) is 16.6 Å². The van der Waals surface area contributed by atoms with Crippen LogP contribution >= 0.6 is 11.3 Å². The third kappa shape index (κ3) is 2.46. The van der Waals surface area contributed by atoms with Crippen LogP contribution in [0.4, 0.5) is 0 Å². The van der Waals surface area contributed by atoms with E-state index in [1.165, 1.54) is 0 Å². The third-order valence-corrected chi connectivity index (χ3v) is 3.93. The first-order valence-corrected chi connectivity index (χ1v) is 6.44. The van der Waals surface area contributed by atoms with Crippen molar-refractivity contribution in [1.82, 2.24) is 15.2 Å². The SMILES string of the molecule is CC(CN1C(=O)CNC(=O)C1C)c1nccs1. The second kappa shape index (κ2) is 4.83. The predicted molar refractivity (Wildman–Crippen MR) is 64.7 cm³/mol. The highest BCUT2D eigenvalue weighted by molar-refractivity contribution is 7.09. The van der Waals surface area contributed by atoms with Gasteiger partial charge in [0.15, 0.2) is 0 Å². The first-order valence-electron chi connectivity index (χ1n) is 5.56. The van der Waals surface area contributed by atoms with Crippen LogP contribution in [-0.2, 0) is 9.59 Å². The molecule has 0 bridgehead atoms. The smallest absolute Gasteiger partial charge is 0.242 e. The fourth-order valence-electron chi connectivity index (χ4n) is 1.88. The van der Waals surface area contributed by atoms with Gasteiger partial charge in [0, 0.05) is 24.0 Å². The molecule has 0 radical (unpaired) electrons. The largest absolute Gasteiger partial charge is 0.345 e. The molecule has 2 amide bonds. The molecule has 2 unspecified atom stereocenters. The van der Waals surface area contributed by atoms with E-state index < -0.39 is 6.04 Å². The Balaban J connectivity index is 2.06. The molecule has 1 fully saturated rings. The minimum atomic E-state index is -0.390. The van der Waals surface area contributed by atoms with Crippen molar-refractivity contribution in [2.75, 3.05) is 13.1 Å². The molecule has 1 aliphatic heterocycles. The Kier molecular flexibility index (Phi) is 3.42. The van der Waals surface area contributed by atoms with Crippen molar-refractivity contribution in [3.8, 4) is 0 Å². The predicted octanol–water partition coefficient (Wildman–Crippen LogP) is 0.594. The molecule has 1 aliphatic rings. The Morgan fingerprint density at radius 3 is 3.06 bits per heavy atom. The quantitative estimate of drug-likeness (QED) is 0.857. The van der Waals surface area contributed by atoms with Crippen molar-refractivity contribution in [3.63, 3.8) is 0 Å². The summed E-state index contributed by atoms with van der Waals surface area (Å²) in [5.74, 6) is 0.0451. The molecule has 2 atom stereocenters. The molecule has 17 heavy (non-hydrogen) atoms. The molecule has 1 saturated heterocycles. The van der Waals surface area contributed by atoms with Crippen LogP contribution in [0.2, 0.25) is 0 Å². The second-order valence-electron chi connectivity index (χ2n) is 4.21. The Morgan fingerprint density at radius 1 is 1.65 bits per heavy atom. The minimum Gasteiger partial charge on any atom is -0.345 e. The second-order valence-corrected chi connectivity index (χ2v) is 5.14. The molecule has 1 aromatic heterocycles. The summed E-state index contributed by atoms with van der Waals surface area (Å²) in [6.45, 7) is 4.42. The molecule has 1 N–H and O–H groups in total. The summed E-state index contributed by atoms with van der Waals surface area (Å²) in [6, 6.07) is -0.390. The van der Waals surface area contributed by atoms with Gasteiger partial charge in [0.2, 0.25) is 11.8 Å². The molecule has 2 rings (SSSR count). The van der Waals surface area contributed by atoms with Crippen LogP contribution in [-0.4, -0.2) is 40.8 Å². The van der Waals surface area contributed by atoms with Crippen molar-refractivity contribution in [1.29, 1.82) is 0 Å². The normalized spacial score (nSPS) is 22.5. The number of piperazine rings is 1. The zero-order chi connectivity index (χ0) is 12.4. The molecule has 0 aromatic carbocycles. The summed E-state index contributed by atoms with van der Waals surface area (Å²) in [5.41, 5.74) is 0. The maximum Gasteiger partial charge on any atom is 0.242 e. The molecule has 92 valence electrons. The van der Waals surface area contributed by atoms with E-state index in [-0.39, 0.29) is 24.3 Å². The molecule has 0 aliphatic carbocycles. The van der Waals surface area contributed by atoms with Crippen LogP contribution in [0.1, 0.15) is 24.8 Å². The number of carbonyl (C=O) groups excluding carboxylic acids is 2. The van der Waals surface area contributed by atoms with E-state index in [2.05, 4.69) is 10.3 Å². The summed E-state index contributed by atoms with van der Waals surface area (Å²) < 4.78 is 0. The van der Waals surface area contributed by atoms with Gasteiger partial charge in [-0.05, 0) is 6.92 Å². The van der Waals surface area contributed by atoms with Crippen molar-refractivity contribution in [2.24, 2.45) is 0 Å². The Bertz CT molecular complexity index is 418. The first-order chi connectivity index (χ1) is 8.09. The van der Waals surface area contributed by atoms with Crippen LogP contribution < -0.4 is 5.32 Å². The lowest BCUT2D eigenvalue weighted by atomic mass is 10.1. The number of thiazole rings is 1. The number of hydrogen-bond acceptors (Lipinski definition) is 4. The highest BCUT2D eigenvalue weighted by atomic mass is 32.1. The van der Waals surface area contributed by atoms with E-state index in [4.69, 9.17) is 0 Å². The number of nitrogens with zero attached hydrogens (tertiary/aromatic N) is 2. The van der Waals surface area contributed by atoms with E-state index in [1.807, 2.05) is 12.3 Å². The molecule has 2 heterocycles. The van der Waals surface area contributed by atoms with Gasteiger partial charge in [0.05, 0.1) is 11.6 Å². The molecular weight excluding hydrogens is 238 g/mol. The van der Waals surface area contributed by atoms with Gasteiger partial charge in [-0.2, -0.15) is 0 Å². The zero-order valence-corrected chi connectivity index (χ0v) is 10.7. The number of carbonyl (C=O) groups is 2. The van der Waals surface area contributed by atoms with Gasteiger partial charge in [-0.1, -0.05) is 6.92 Å². The van der Waals surface area contributed by atoms with E-state index in [9.17, 15) is 9.59 Å².